The summed E-state index contributed by atoms with van der Waals surface area (Å²) in [5.41, 5.74) is 0.909. The maximum absolute atomic E-state index is 12.0. The molecule has 1 atom stereocenters. The number of carbonyl (C=O) groups is 1. The second kappa shape index (κ2) is 6.65. The van der Waals surface area contributed by atoms with Gasteiger partial charge in [0.2, 0.25) is 5.91 Å². The normalized spacial score (nSPS) is 19.0. The lowest BCUT2D eigenvalue weighted by molar-refractivity contribution is -0.117. The molecule has 21 heavy (non-hydrogen) atoms. The van der Waals surface area contributed by atoms with Crippen molar-refractivity contribution in [3.05, 3.63) is 22.9 Å². The van der Waals surface area contributed by atoms with E-state index in [1.165, 1.54) is 11.3 Å². The van der Waals surface area contributed by atoms with Crippen molar-refractivity contribution >= 4 is 33.7 Å². The van der Waals surface area contributed by atoms with Crippen molar-refractivity contribution in [1.82, 2.24) is 9.88 Å². The second-order valence-corrected chi connectivity index (χ2v) is 6.94. The Hall–Kier alpha value is -1.28. The number of aliphatic hydroxyl groups excluding tert-OH is 1. The van der Waals surface area contributed by atoms with Crippen LogP contribution in [0.5, 0.6) is 0 Å². The summed E-state index contributed by atoms with van der Waals surface area (Å²) >= 11 is 3.08. The van der Waals surface area contributed by atoms with Crippen molar-refractivity contribution in [1.29, 1.82) is 0 Å². The zero-order valence-electron chi connectivity index (χ0n) is 11.5. The number of amides is 1. The molecule has 2 aromatic rings. The number of thiazole rings is 1. The Balaban J connectivity index is 1.53. The van der Waals surface area contributed by atoms with Crippen molar-refractivity contribution in [3.63, 3.8) is 0 Å². The van der Waals surface area contributed by atoms with Crippen LogP contribution in [0.3, 0.4) is 0 Å². The lowest BCUT2D eigenvalue weighted by Crippen LogP contribution is -2.31. The minimum Gasteiger partial charge on any atom is -0.396 e. The average molecular weight is 323 g/mol. The van der Waals surface area contributed by atoms with Gasteiger partial charge in [-0.05, 0) is 30.3 Å². The number of thiophene rings is 1. The van der Waals surface area contributed by atoms with E-state index < -0.39 is 0 Å². The highest BCUT2D eigenvalue weighted by Crippen LogP contribution is 2.28. The van der Waals surface area contributed by atoms with E-state index in [1.807, 2.05) is 22.9 Å². The van der Waals surface area contributed by atoms with Gasteiger partial charge in [0, 0.05) is 18.5 Å². The van der Waals surface area contributed by atoms with Crippen molar-refractivity contribution < 1.29 is 9.90 Å². The number of nitrogens with zero attached hydrogens (tertiary/aromatic N) is 2. The molecule has 1 unspecified atom stereocenters. The van der Waals surface area contributed by atoms with E-state index in [0.29, 0.717) is 17.6 Å². The lowest BCUT2D eigenvalue weighted by Gasteiger charge is -2.14. The third-order valence-electron chi connectivity index (χ3n) is 3.52. The summed E-state index contributed by atoms with van der Waals surface area (Å²) in [5, 5.41) is 16.6. The Morgan fingerprint density at radius 1 is 1.52 bits per heavy atom. The number of rotatable bonds is 5. The lowest BCUT2D eigenvalue weighted by atomic mass is 10.1. The predicted molar refractivity (Wildman–Crippen MR) is 85.7 cm³/mol. The molecular weight excluding hydrogens is 306 g/mol. The quantitative estimate of drug-likeness (QED) is 0.885. The van der Waals surface area contributed by atoms with Gasteiger partial charge >= 0.3 is 0 Å². The number of aliphatic hydroxyl groups is 1. The summed E-state index contributed by atoms with van der Waals surface area (Å²) in [6.45, 7) is 2.23. The van der Waals surface area contributed by atoms with Gasteiger partial charge in [0.15, 0.2) is 5.13 Å². The first kappa shape index (κ1) is 14.6. The van der Waals surface area contributed by atoms with Gasteiger partial charge < -0.3 is 10.4 Å². The molecule has 0 aromatic carbocycles. The van der Waals surface area contributed by atoms with Crippen molar-refractivity contribution in [2.24, 2.45) is 5.92 Å². The minimum absolute atomic E-state index is 0.0410. The number of likely N-dealkylation sites (tertiary alicyclic amines) is 1. The molecule has 1 fully saturated rings. The van der Waals surface area contributed by atoms with E-state index in [2.05, 4.69) is 15.2 Å². The standard InChI is InChI=1S/C14H17N3O2S2/c18-8-10-3-4-17(6-10)7-13(19)16-14-15-11(9-21-14)12-2-1-5-20-12/h1-2,5,9-10,18H,3-4,6-8H2,(H,15,16,19). The summed E-state index contributed by atoms with van der Waals surface area (Å²) in [7, 11) is 0. The molecule has 1 saturated heterocycles. The highest BCUT2D eigenvalue weighted by molar-refractivity contribution is 7.16. The molecule has 0 aliphatic carbocycles. The van der Waals surface area contributed by atoms with Crippen LogP contribution in [0.1, 0.15) is 6.42 Å². The van der Waals surface area contributed by atoms with Crippen LogP contribution in [0.25, 0.3) is 10.6 Å². The van der Waals surface area contributed by atoms with Crippen LogP contribution >= 0.6 is 22.7 Å². The fraction of sp³-hybridized carbons (Fsp3) is 0.429. The van der Waals surface area contributed by atoms with Crippen LogP contribution in [0.4, 0.5) is 5.13 Å². The first-order valence-electron chi connectivity index (χ1n) is 6.87. The van der Waals surface area contributed by atoms with Gasteiger partial charge in [-0.2, -0.15) is 0 Å². The van der Waals surface area contributed by atoms with Crippen molar-refractivity contribution in [2.45, 2.75) is 6.42 Å². The number of carbonyl (C=O) groups excluding carboxylic acids is 1. The van der Waals surface area contributed by atoms with Crippen LogP contribution < -0.4 is 5.32 Å². The van der Waals surface area contributed by atoms with E-state index in [4.69, 9.17) is 5.11 Å². The van der Waals surface area contributed by atoms with E-state index in [9.17, 15) is 4.79 Å². The molecular formula is C14H17N3O2S2. The van der Waals surface area contributed by atoms with E-state index in [0.717, 1.165) is 30.1 Å². The first-order chi connectivity index (χ1) is 10.2. The van der Waals surface area contributed by atoms with Gasteiger partial charge in [0.1, 0.15) is 0 Å². The van der Waals surface area contributed by atoms with Gasteiger partial charge in [-0.1, -0.05) is 6.07 Å². The summed E-state index contributed by atoms with van der Waals surface area (Å²) in [6.07, 6.45) is 0.962. The Kier molecular flexibility index (Phi) is 4.64. The minimum atomic E-state index is -0.0410. The average Bonchev–Trinajstić information content (AvgIpc) is 3.19. The Bertz CT molecular complexity index is 597. The molecule has 1 aliphatic heterocycles. The van der Waals surface area contributed by atoms with Gasteiger partial charge in [-0.25, -0.2) is 4.98 Å². The van der Waals surface area contributed by atoms with Crippen LogP contribution in [0.2, 0.25) is 0 Å². The van der Waals surface area contributed by atoms with Gasteiger partial charge in [-0.3, -0.25) is 9.69 Å². The monoisotopic (exact) mass is 323 g/mol. The number of anilines is 1. The molecule has 1 aliphatic rings. The van der Waals surface area contributed by atoms with Crippen LogP contribution in [-0.4, -0.2) is 47.1 Å². The molecule has 7 heteroatoms. The van der Waals surface area contributed by atoms with E-state index in [1.54, 1.807) is 11.3 Å². The van der Waals surface area contributed by atoms with E-state index in [-0.39, 0.29) is 12.5 Å². The molecule has 0 saturated carbocycles. The fourth-order valence-electron chi connectivity index (χ4n) is 2.44. The van der Waals surface area contributed by atoms with Gasteiger partial charge in [0.25, 0.3) is 0 Å². The molecule has 3 heterocycles. The summed E-state index contributed by atoms with van der Waals surface area (Å²) in [5.74, 6) is 0.267. The molecule has 1 amide bonds. The zero-order chi connectivity index (χ0) is 14.7. The maximum Gasteiger partial charge on any atom is 0.240 e. The molecule has 2 aromatic heterocycles. The summed E-state index contributed by atoms with van der Waals surface area (Å²) < 4.78 is 0. The third kappa shape index (κ3) is 3.68. The van der Waals surface area contributed by atoms with Crippen LogP contribution in [0.15, 0.2) is 22.9 Å². The smallest absolute Gasteiger partial charge is 0.240 e. The molecule has 0 radical (unpaired) electrons. The second-order valence-electron chi connectivity index (χ2n) is 5.14. The molecule has 112 valence electrons. The van der Waals surface area contributed by atoms with Crippen molar-refractivity contribution in [2.75, 3.05) is 31.6 Å². The SMILES string of the molecule is O=C(CN1CCC(CO)C1)Nc1nc(-c2cccs2)cs1. The fourth-order valence-corrected chi connectivity index (χ4v) is 3.92. The number of nitrogens with one attached hydrogen (secondary N) is 1. The highest BCUT2D eigenvalue weighted by Gasteiger charge is 2.23. The Morgan fingerprint density at radius 3 is 3.14 bits per heavy atom. The maximum atomic E-state index is 12.0. The van der Waals surface area contributed by atoms with Gasteiger partial charge in [0.05, 0.1) is 17.1 Å². The molecule has 0 bridgehead atoms. The first-order valence-corrected chi connectivity index (χ1v) is 8.63. The third-order valence-corrected chi connectivity index (χ3v) is 5.17. The summed E-state index contributed by atoms with van der Waals surface area (Å²) in [4.78, 5) is 19.6. The Labute approximate surface area is 131 Å². The topological polar surface area (TPSA) is 65.5 Å². The molecule has 5 nitrogen and oxygen atoms in total. The number of hydrogen-bond acceptors (Lipinski definition) is 6. The van der Waals surface area contributed by atoms with Crippen LogP contribution in [-0.2, 0) is 4.79 Å². The van der Waals surface area contributed by atoms with Gasteiger partial charge in [-0.15, -0.1) is 22.7 Å². The highest BCUT2D eigenvalue weighted by atomic mass is 32.1. The van der Waals surface area contributed by atoms with E-state index >= 15 is 0 Å². The molecule has 0 spiro atoms. The largest absolute Gasteiger partial charge is 0.396 e. The number of hydrogen-bond donors (Lipinski definition) is 2. The Morgan fingerprint density at radius 2 is 2.43 bits per heavy atom. The van der Waals surface area contributed by atoms with Crippen molar-refractivity contribution in [3.8, 4) is 10.6 Å². The zero-order valence-corrected chi connectivity index (χ0v) is 13.1. The molecule has 2 N–H and O–H groups in total. The number of aromatic nitrogens is 1. The van der Waals surface area contributed by atoms with Crippen LogP contribution in [0, 0.1) is 5.92 Å². The summed E-state index contributed by atoms with van der Waals surface area (Å²) in [6, 6.07) is 4.01. The predicted octanol–water partition coefficient (Wildman–Crippen LogP) is 2.12. The molecule has 3 rings (SSSR count).